The van der Waals surface area contributed by atoms with Crippen molar-refractivity contribution in [2.45, 2.75) is 50.9 Å². The number of hydrogen-bond donors (Lipinski definition) is 2. The summed E-state index contributed by atoms with van der Waals surface area (Å²) in [5, 5.41) is 14.3. The van der Waals surface area contributed by atoms with Crippen molar-refractivity contribution in [3.05, 3.63) is 79.4 Å². The smallest absolute Gasteiger partial charge is 0.330 e. The van der Waals surface area contributed by atoms with E-state index in [2.05, 4.69) is 15.0 Å². The van der Waals surface area contributed by atoms with Crippen molar-refractivity contribution < 1.29 is 14.6 Å². The number of benzene rings is 1. The van der Waals surface area contributed by atoms with Crippen LogP contribution in [-0.2, 0) is 16.1 Å². The van der Waals surface area contributed by atoms with E-state index in [0.717, 1.165) is 5.56 Å². The highest BCUT2D eigenvalue weighted by Crippen LogP contribution is 2.36. The van der Waals surface area contributed by atoms with Crippen LogP contribution in [0.5, 0.6) is 0 Å². The lowest BCUT2D eigenvalue weighted by Crippen LogP contribution is -2.35. The van der Waals surface area contributed by atoms with Crippen LogP contribution in [0.1, 0.15) is 31.6 Å². The summed E-state index contributed by atoms with van der Waals surface area (Å²) in [7, 11) is 0. The number of azide groups is 1. The van der Waals surface area contributed by atoms with E-state index in [-0.39, 0.29) is 12.0 Å². The Morgan fingerprint density at radius 2 is 2.10 bits per heavy atom. The fourth-order valence-corrected chi connectivity index (χ4v) is 3.63. The highest BCUT2D eigenvalue weighted by atomic mass is 16.6. The van der Waals surface area contributed by atoms with Gasteiger partial charge in [-0.2, -0.15) is 0 Å². The molecule has 1 aliphatic rings. The minimum atomic E-state index is -0.960. The Morgan fingerprint density at radius 3 is 2.80 bits per heavy atom. The number of nitrogens with zero attached hydrogens (tertiary/aromatic N) is 4. The summed E-state index contributed by atoms with van der Waals surface area (Å²) in [5.74, 6) is -0.325. The van der Waals surface area contributed by atoms with Gasteiger partial charge < -0.3 is 14.6 Å². The van der Waals surface area contributed by atoms with Crippen molar-refractivity contribution in [3.8, 4) is 0 Å². The molecule has 1 fully saturated rings. The zero-order chi connectivity index (χ0) is 21.5. The molecule has 0 aliphatic carbocycles. The van der Waals surface area contributed by atoms with E-state index in [9.17, 15) is 14.7 Å². The van der Waals surface area contributed by atoms with Crippen LogP contribution in [0.3, 0.4) is 0 Å². The predicted octanol–water partition coefficient (Wildman–Crippen LogP) is 2.11. The maximum Gasteiger partial charge on any atom is 0.330 e. The molecule has 2 N–H and O–H groups in total. The summed E-state index contributed by atoms with van der Waals surface area (Å²) in [6.45, 7) is 2.52. The van der Waals surface area contributed by atoms with Gasteiger partial charge in [-0.3, -0.25) is 14.3 Å². The fraction of sp³-hybridized carbons (Fsp3) is 0.500. The second kappa shape index (κ2) is 10.2. The van der Waals surface area contributed by atoms with Crippen molar-refractivity contribution in [2.75, 3.05) is 6.54 Å². The Morgan fingerprint density at radius 1 is 1.33 bits per heavy atom. The number of ether oxygens (including phenoxy) is 2. The minimum absolute atomic E-state index is 0.325. The second-order valence-corrected chi connectivity index (χ2v) is 7.29. The van der Waals surface area contributed by atoms with Gasteiger partial charge in [0.15, 0.2) is 6.23 Å². The Labute approximate surface area is 172 Å². The summed E-state index contributed by atoms with van der Waals surface area (Å²) >= 11 is 0. The number of nitrogens with one attached hydrogen (secondary N) is 1. The molecule has 1 unspecified atom stereocenters. The molecule has 2 heterocycles. The first-order valence-electron chi connectivity index (χ1n) is 9.82. The van der Waals surface area contributed by atoms with E-state index >= 15 is 0 Å². The van der Waals surface area contributed by atoms with Gasteiger partial charge in [0.25, 0.3) is 5.56 Å². The lowest BCUT2D eigenvalue weighted by molar-refractivity contribution is -0.108. The van der Waals surface area contributed by atoms with Crippen LogP contribution in [0.15, 0.2) is 57.3 Å². The normalized spacial score (nSPS) is 24.3. The number of aromatic nitrogens is 2. The fourth-order valence-electron chi connectivity index (χ4n) is 3.63. The number of aliphatic hydroxyl groups excluding tert-OH is 1. The molecule has 1 aromatic heterocycles. The third-order valence-electron chi connectivity index (χ3n) is 5.25. The molecule has 0 saturated carbocycles. The first-order chi connectivity index (χ1) is 14.5. The number of aromatic amines is 1. The van der Waals surface area contributed by atoms with Gasteiger partial charge in [0, 0.05) is 29.6 Å². The van der Waals surface area contributed by atoms with Crippen molar-refractivity contribution in [1.29, 1.82) is 0 Å². The van der Waals surface area contributed by atoms with Crippen LogP contribution >= 0.6 is 0 Å². The van der Waals surface area contributed by atoms with E-state index in [1.54, 1.807) is 0 Å². The van der Waals surface area contributed by atoms with Crippen molar-refractivity contribution in [3.63, 3.8) is 0 Å². The van der Waals surface area contributed by atoms with E-state index < -0.39 is 29.7 Å². The zero-order valence-corrected chi connectivity index (χ0v) is 16.6. The van der Waals surface area contributed by atoms with Crippen LogP contribution in [0.2, 0.25) is 0 Å². The first kappa shape index (κ1) is 21.8. The van der Waals surface area contributed by atoms with Gasteiger partial charge >= 0.3 is 5.69 Å². The molecule has 10 nitrogen and oxygen atoms in total. The average molecular weight is 415 g/mol. The van der Waals surface area contributed by atoms with Gasteiger partial charge in [-0.25, -0.2) is 4.79 Å². The number of H-pyrrole nitrogens is 1. The molecule has 10 heteroatoms. The lowest BCUT2D eigenvalue weighted by Gasteiger charge is -2.27. The molecular weight excluding hydrogens is 390 g/mol. The molecule has 2 aromatic rings. The summed E-state index contributed by atoms with van der Waals surface area (Å²) in [5.41, 5.74) is 8.32. The molecule has 160 valence electrons. The highest BCUT2D eigenvalue weighted by Gasteiger charge is 2.46. The van der Waals surface area contributed by atoms with Gasteiger partial charge in [0.2, 0.25) is 0 Å². The molecule has 0 amide bonds. The van der Waals surface area contributed by atoms with Crippen LogP contribution in [0.25, 0.3) is 10.4 Å². The molecule has 0 bridgehead atoms. The van der Waals surface area contributed by atoms with E-state index in [1.165, 1.54) is 16.8 Å². The molecule has 5 atom stereocenters. The Hall–Kier alpha value is -2.91. The SMILES string of the molecule is CC1[C@H](O)[C@H](n2ccc(=O)[nH]c2=O)O[C@@H]1[C@@H](CCCN=[N+]=[N-])OCc1ccccc1. The maximum atomic E-state index is 12.1. The Kier molecular flexibility index (Phi) is 7.42. The summed E-state index contributed by atoms with van der Waals surface area (Å²) < 4.78 is 13.4. The van der Waals surface area contributed by atoms with Gasteiger partial charge in [-0.15, -0.1) is 0 Å². The highest BCUT2D eigenvalue weighted by molar-refractivity contribution is 5.13. The zero-order valence-electron chi connectivity index (χ0n) is 16.6. The van der Waals surface area contributed by atoms with Crippen LogP contribution in [-0.4, -0.2) is 39.5 Å². The molecule has 1 aromatic carbocycles. The molecule has 0 spiro atoms. The third kappa shape index (κ3) is 5.17. The largest absolute Gasteiger partial charge is 0.388 e. The number of aliphatic hydroxyl groups is 1. The molecule has 30 heavy (non-hydrogen) atoms. The monoisotopic (exact) mass is 415 g/mol. The summed E-state index contributed by atoms with van der Waals surface area (Å²) in [6, 6.07) is 10.9. The predicted molar refractivity (Wildman–Crippen MR) is 109 cm³/mol. The molecule has 1 saturated heterocycles. The molecule has 0 radical (unpaired) electrons. The topological polar surface area (TPSA) is 142 Å². The Balaban J connectivity index is 1.77. The average Bonchev–Trinajstić information content (AvgIpc) is 3.03. The van der Waals surface area contributed by atoms with Crippen molar-refractivity contribution in [1.82, 2.24) is 9.55 Å². The van der Waals surface area contributed by atoms with E-state index in [4.69, 9.17) is 15.0 Å². The quantitative estimate of drug-likeness (QED) is 0.279. The van der Waals surface area contributed by atoms with Gasteiger partial charge in [0.1, 0.15) is 6.10 Å². The van der Waals surface area contributed by atoms with Crippen molar-refractivity contribution >= 4 is 0 Å². The van der Waals surface area contributed by atoms with Crippen LogP contribution in [0, 0.1) is 5.92 Å². The number of hydrogen-bond acceptors (Lipinski definition) is 6. The standard InChI is InChI=1S/C20H25N5O5/c1-13-17(27)19(25-11-9-16(26)23-20(25)28)30-18(13)15(8-5-10-22-24-21)29-12-14-6-3-2-4-7-14/h2-4,6-7,9,11,13,15,17-19,27H,5,8,10,12H2,1H3,(H,23,26,28)/t13?,15-,17+,18+,19-/m1/s1. The number of rotatable bonds is 9. The van der Waals surface area contributed by atoms with E-state index in [0.29, 0.717) is 26.0 Å². The molecule has 1 aliphatic heterocycles. The minimum Gasteiger partial charge on any atom is -0.388 e. The van der Waals surface area contributed by atoms with Crippen LogP contribution in [0.4, 0.5) is 0 Å². The molecular formula is C20H25N5O5. The summed E-state index contributed by atoms with van der Waals surface area (Å²) in [6.07, 6.45) is -0.305. The van der Waals surface area contributed by atoms with Crippen LogP contribution < -0.4 is 11.2 Å². The van der Waals surface area contributed by atoms with Gasteiger partial charge in [0.05, 0.1) is 18.8 Å². The van der Waals surface area contributed by atoms with Gasteiger partial charge in [-0.05, 0) is 23.9 Å². The first-order valence-corrected chi connectivity index (χ1v) is 9.82. The third-order valence-corrected chi connectivity index (χ3v) is 5.25. The second-order valence-electron chi connectivity index (χ2n) is 7.29. The van der Waals surface area contributed by atoms with E-state index in [1.807, 2.05) is 37.3 Å². The Bertz CT molecular complexity index is 985. The lowest BCUT2D eigenvalue weighted by atomic mass is 9.94. The van der Waals surface area contributed by atoms with Gasteiger partial charge in [-0.1, -0.05) is 42.4 Å². The molecule has 3 rings (SSSR count). The van der Waals surface area contributed by atoms with Crippen molar-refractivity contribution in [2.24, 2.45) is 11.0 Å². The maximum absolute atomic E-state index is 12.1. The summed E-state index contributed by atoms with van der Waals surface area (Å²) in [4.78, 5) is 28.4.